The largest absolute Gasteiger partial charge is 0.486 e. The third kappa shape index (κ3) is 1.94. The van der Waals surface area contributed by atoms with E-state index in [0.717, 1.165) is 21.7 Å². The second kappa shape index (κ2) is 4.79. The summed E-state index contributed by atoms with van der Waals surface area (Å²) in [6, 6.07) is 9.98. The Bertz CT molecular complexity index is 846. The van der Waals surface area contributed by atoms with E-state index in [0.29, 0.717) is 24.7 Å². The van der Waals surface area contributed by atoms with Crippen LogP contribution in [0.25, 0.3) is 21.7 Å². The van der Waals surface area contributed by atoms with Gasteiger partial charge in [-0.3, -0.25) is 0 Å². The fraction of sp³-hybridized carbons (Fsp3) is 0.200. The molecule has 1 aliphatic heterocycles. The highest BCUT2D eigenvalue weighted by Gasteiger charge is 2.19. The lowest BCUT2D eigenvalue weighted by Gasteiger charge is -2.18. The molecule has 6 heteroatoms. The third-order valence-electron chi connectivity index (χ3n) is 3.38. The van der Waals surface area contributed by atoms with Crippen molar-refractivity contribution in [3.63, 3.8) is 0 Å². The van der Waals surface area contributed by atoms with E-state index < -0.39 is 0 Å². The number of nitrogens with zero attached hydrogens (tertiary/aromatic N) is 3. The number of nitriles is 1. The molecule has 3 heterocycles. The fourth-order valence-corrected chi connectivity index (χ4v) is 3.21. The predicted octanol–water partition coefficient (Wildman–Crippen LogP) is 3.06. The number of hydrogen-bond donors (Lipinski definition) is 0. The summed E-state index contributed by atoms with van der Waals surface area (Å²) in [7, 11) is 0. The van der Waals surface area contributed by atoms with E-state index in [9.17, 15) is 0 Å². The maximum absolute atomic E-state index is 9.11. The van der Waals surface area contributed by atoms with Gasteiger partial charge in [0.1, 0.15) is 19.8 Å². The van der Waals surface area contributed by atoms with E-state index >= 15 is 0 Å². The normalized spacial score (nSPS) is 13.3. The molecule has 0 radical (unpaired) electrons. The first-order valence-electron chi connectivity index (χ1n) is 6.57. The molecule has 4 rings (SSSR count). The van der Waals surface area contributed by atoms with Crippen molar-refractivity contribution in [2.45, 2.75) is 6.54 Å². The van der Waals surface area contributed by atoms with E-state index in [1.54, 1.807) is 11.3 Å². The van der Waals surface area contributed by atoms with Crippen LogP contribution < -0.4 is 9.47 Å². The number of fused-ring (bicyclic) bond motifs is 2. The number of ether oxygens (including phenoxy) is 2. The van der Waals surface area contributed by atoms with Crippen LogP contribution in [0.5, 0.6) is 11.5 Å². The Kier molecular flexibility index (Phi) is 2.79. The van der Waals surface area contributed by atoms with Crippen LogP contribution in [0.1, 0.15) is 0 Å². The molecule has 0 spiro atoms. The maximum Gasteiger partial charge on any atom is 0.163 e. The Labute approximate surface area is 125 Å². The zero-order valence-electron chi connectivity index (χ0n) is 11.1. The lowest BCUT2D eigenvalue weighted by Crippen LogP contribution is -2.15. The number of benzene rings is 1. The minimum absolute atomic E-state index is 0.253. The van der Waals surface area contributed by atoms with Gasteiger partial charge < -0.3 is 14.0 Å². The highest BCUT2D eigenvalue weighted by atomic mass is 32.1. The van der Waals surface area contributed by atoms with Gasteiger partial charge >= 0.3 is 0 Å². The fourth-order valence-electron chi connectivity index (χ4n) is 2.49. The molecule has 3 aromatic rings. The monoisotopic (exact) mass is 297 g/mol. The van der Waals surface area contributed by atoms with Crippen LogP contribution in [0, 0.1) is 11.3 Å². The van der Waals surface area contributed by atoms with Crippen LogP contribution in [-0.4, -0.2) is 22.8 Å². The van der Waals surface area contributed by atoms with Gasteiger partial charge in [-0.25, -0.2) is 4.98 Å². The molecule has 0 N–H and O–H groups in total. The number of aromatic nitrogens is 2. The van der Waals surface area contributed by atoms with Crippen LogP contribution >= 0.6 is 11.3 Å². The van der Waals surface area contributed by atoms with Gasteiger partial charge in [0.25, 0.3) is 0 Å². The maximum atomic E-state index is 9.11. The molecule has 21 heavy (non-hydrogen) atoms. The van der Waals surface area contributed by atoms with Crippen LogP contribution in [-0.2, 0) is 6.54 Å². The van der Waals surface area contributed by atoms with Crippen molar-refractivity contribution in [1.29, 1.82) is 5.26 Å². The van der Waals surface area contributed by atoms with Gasteiger partial charge in [0.05, 0.1) is 22.0 Å². The van der Waals surface area contributed by atoms with Crippen molar-refractivity contribution >= 4 is 22.4 Å². The molecule has 0 unspecified atom stereocenters. The Morgan fingerprint density at radius 2 is 2.10 bits per heavy atom. The first kappa shape index (κ1) is 12.2. The Hall–Kier alpha value is -2.52. The number of hydrogen-bond acceptors (Lipinski definition) is 5. The summed E-state index contributed by atoms with van der Waals surface area (Å²) in [5.41, 5.74) is 1.71. The third-order valence-corrected chi connectivity index (χ3v) is 4.25. The topological polar surface area (TPSA) is 60.1 Å². The predicted molar refractivity (Wildman–Crippen MR) is 79.6 cm³/mol. The van der Waals surface area contributed by atoms with Gasteiger partial charge in [0, 0.05) is 12.1 Å². The van der Waals surface area contributed by atoms with Crippen molar-refractivity contribution in [1.82, 2.24) is 9.55 Å². The summed E-state index contributed by atoms with van der Waals surface area (Å²) in [5, 5.41) is 11.1. The highest BCUT2D eigenvalue weighted by Crippen LogP contribution is 2.37. The van der Waals surface area contributed by atoms with Gasteiger partial charge in [-0.1, -0.05) is 6.07 Å². The van der Waals surface area contributed by atoms with E-state index in [1.807, 2.05) is 34.2 Å². The van der Waals surface area contributed by atoms with Gasteiger partial charge in [-0.05, 0) is 11.4 Å². The van der Waals surface area contributed by atoms with Crippen LogP contribution in [0.2, 0.25) is 0 Å². The summed E-state index contributed by atoms with van der Waals surface area (Å²) in [6.07, 6.45) is 0. The standard InChI is InChI=1S/C15H11N3O2S/c16-3-4-18-11-9-13-12(19-5-6-20-13)8-10(11)17-15(18)14-2-1-7-21-14/h1-2,7-9H,4-6H2. The Balaban J connectivity index is 1.98. The molecule has 2 aromatic heterocycles. The average Bonchev–Trinajstić information content (AvgIpc) is 3.14. The number of thiophene rings is 1. The molecule has 0 atom stereocenters. The Morgan fingerprint density at radius 1 is 1.29 bits per heavy atom. The zero-order chi connectivity index (χ0) is 14.2. The average molecular weight is 297 g/mol. The minimum Gasteiger partial charge on any atom is -0.486 e. The van der Waals surface area contributed by atoms with Crippen molar-refractivity contribution in [2.75, 3.05) is 13.2 Å². The second-order valence-electron chi connectivity index (χ2n) is 4.64. The summed E-state index contributed by atoms with van der Waals surface area (Å²) >= 11 is 1.61. The van der Waals surface area contributed by atoms with E-state index in [2.05, 4.69) is 11.1 Å². The highest BCUT2D eigenvalue weighted by molar-refractivity contribution is 7.13. The van der Waals surface area contributed by atoms with Crippen molar-refractivity contribution < 1.29 is 9.47 Å². The SMILES string of the molecule is N#CCn1c(-c2cccs2)nc2cc3c(cc21)OCCO3. The number of imidazole rings is 1. The van der Waals surface area contributed by atoms with Gasteiger partial charge in [-0.15, -0.1) is 11.3 Å². The minimum atomic E-state index is 0.253. The van der Waals surface area contributed by atoms with E-state index in [-0.39, 0.29) is 6.54 Å². The molecule has 0 saturated heterocycles. The number of rotatable bonds is 2. The summed E-state index contributed by atoms with van der Waals surface area (Å²) in [6.45, 7) is 1.35. The van der Waals surface area contributed by atoms with Crippen LogP contribution in [0.3, 0.4) is 0 Å². The van der Waals surface area contributed by atoms with E-state index in [4.69, 9.17) is 14.7 Å². The molecule has 0 aliphatic carbocycles. The van der Waals surface area contributed by atoms with Crippen molar-refractivity contribution in [3.05, 3.63) is 29.6 Å². The first-order chi connectivity index (χ1) is 10.4. The van der Waals surface area contributed by atoms with Crippen LogP contribution in [0.15, 0.2) is 29.6 Å². The lowest BCUT2D eigenvalue weighted by atomic mass is 10.2. The van der Waals surface area contributed by atoms with Crippen molar-refractivity contribution in [3.8, 4) is 28.3 Å². The first-order valence-corrected chi connectivity index (χ1v) is 7.45. The molecule has 0 amide bonds. The van der Waals surface area contributed by atoms with Crippen molar-refractivity contribution in [2.24, 2.45) is 0 Å². The van der Waals surface area contributed by atoms with Gasteiger partial charge in [0.2, 0.25) is 0 Å². The molecule has 0 fully saturated rings. The summed E-state index contributed by atoms with van der Waals surface area (Å²) in [5.74, 6) is 2.24. The smallest absolute Gasteiger partial charge is 0.163 e. The molecular weight excluding hydrogens is 286 g/mol. The Morgan fingerprint density at radius 3 is 2.81 bits per heavy atom. The second-order valence-corrected chi connectivity index (χ2v) is 5.59. The van der Waals surface area contributed by atoms with Gasteiger partial charge in [-0.2, -0.15) is 5.26 Å². The molecule has 5 nitrogen and oxygen atoms in total. The van der Waals surface area contributed by atoms with Crippen LogP contribution in [0.4, 0.5) is 0 Å². The summed E-state index contributed by atoms with van der Waals surface area (Å²) < 4.78 is 13.1. The molecular formula is C15H11N3O2S. The lowest BCUT2D eigenvalue weighted by molar-refractivity contribution is 0.172. The molecule has 1 aliphatic rings. The molecule has 1 aromatic carbocycles. The molecule has 104 valence electrons. The molecule has 0 saturated carbocycles. The molecule has 0 bridgehead atoms. The quantitative estimate of drug-likeness (QED) is 0.729. The summed E-state index contributed by atoms with van der Waals surface area (Å²) in [4.78, 5) is 5.71. The van der Waals surface area contributed by atoms with Gasteiger partial charge in [0.15, 0.2) is 17.3 Å². The zero-order valence-corrected chi connectivity index (χ0v) is 11.9. The van der Waals surface area contributed by atoms with E-state index in [1.165, 1.54) is 0 Å².